The lowest BCUT2D eigenvalue weighted by Gasteiger charge is -2.30. The van der Waals surface area contributed by atoms with Crippen molar-refractivity contribution in [2.45, 2.75) is 18.9 Å². The lowest BCUT2D eigenvalue weighted by molar-refractivity contribution is 0.0469. The van der Waals surface area contributed by atoms with Crippen LogP contribution in [0.25, 0.3) is 0 Å². The molecule has 1 heterocycles. The molecule has 2 rings (SSSR count). The lowest BCUT2D eigenvalue weighted by atomic mass is 10.1. The molecule has 1 atom stereocenters. The molecule has 1 amide bonds. The number of carbonyl (C=O) groups is 1. The minimum absolute atomic E-state index is 0.134. The van der Waals surface area contributed by atoms with Gasteiger partial charge >= 0.3 is 0 Å². The number of amides is 1. The van der Waals surface area contributed by atoms with Gasteiger partial charge in [0, 0.05) is 13.1 Å². The molecule has 1 aliphatic rings. The molecule has 0 aliphatic carbocycles. The van der Waals surface area contributed by atoms with Gasteiger partial charge in [0.25, 0.3) is 5.91 Å². The van der Waals surface area contributed by atoms with Gasteiger partial charge in [-0.05, 0) is 25.0 Å². The lowest BCUT2D eigenvalue weighted by Crippen LogP contribution is -2.42. The fraction of sp³-hybridized carbons (Fsp3) is 0.417. The summed E-state index contributed by atoms with van der Waals surface area (Å²) in [5.41, 5.74) is 4.50. The predicted octanol–water partition coefficient (Wildman–Crippen LogP) is 1.14. The van der Waals surface area contributed by atoms with Crippen LogP contribution in [0.5, 0.6) is 0 Å². The average molecular weight is 256 g/mol. The maximum Gasteiger partial charge on any atom is 0.257 e. The molecule has 1 fully saturated rings. The number of piperidine rings is 1. The van der Waals surface area contributed by atoms with Crippen LogP contribution < -0.4 is 5.73 Å². The molecule has 1 saturated heterocycles. The average Bonchev–Trinajstić information content (AvgIpc) is 2.33. The largest absolute Gasteiger partial charge is 0.396 e. The molecule has 18 heavy (non-hydrogen) atoms. The second-order valence-electron chi connectivity index (χ2n) is 4.40. The van der Waals surface area contributed by atoms with E-state index < -0.39 is 29.3 Å². The van der Waals surface area contributed by atoms with Gasteiger partial charge in [-0.3, -0.25) is 4.79 Å². The van der Waals surface area contributed by atoms with Gasteiger partial charge in [0.05, 0.1) is 17.4 Å². The van der Waals surface area contributed by atoms with Crippen molar-refractivity contribution in [2.24, 2.45) is 0 Å². The second-order valence-corrected chi connectivity index (χ2v) is 4.40. The first-order chi connectivity index (χ1) is 8.49. The van der Waals surface area contributed by atoms with Gasteiger partial charge in [0.15, 0.2) is 5.82 Å². The third kappa shape index (κ3) is 2.43. The van der Waals surface area contributed by atoms with Gasteiger partial charge in [-0.15, -0.1) is 0 Å². The molecular formula is C12H14F2N2O2. The monoisotopic (exact) mass is 256 g/mol. The number of anilines is 1. The summed E-state index contributed by atoms with van der Waals surface area (Å²) < 4.78 is 26.8. The van der Waals surface area contributed by atoms with E-state index in [4.69, 9.17) is 5.73 Å². The van der Waals surface area contributed by atoms with Crippen molar-refractivity contribution in [3.05, 3.63) is 29.3 Å². The van der Waals surface area contributed by atoms with Gasteiger partial charge in [-0.1, -0.05) is 0 Å². The Bertz CT molecular complexity index is 479. The predicted molar refractivity (Wildman–Crippen MR) is 61.9 cm³/mol. The second kappa shape index (κ2) is 4.89. The van der Waals surface area contributed by atoms with Crippen molar-refractivity contribution >= 4 is 11.6 Å². The number of nitrogens with zero attached hydrogens (tertiary/aromatic N) is 1. The highest BCUT2D eigenvalue weighted by Gasteiger charge is 2.26. The van der Waals surface area contributed by atoms with Crippen LogP contribution in [0.3, 0.4) is 0 Å². The van der Waals surface area contributed by atoms with E-state index in [0.29, 0.717) is 19.4 Å². The van der Waals surface area contributed by atoms with Crippen molar-refractivity contribution in [1.82, 2.24) is 4.90 Å². The Balaban J connectivity index is 2.28. The van der Waals surface area contributed by atoms with Crippen molar-refractivity contribution in [3.63, 3.8) is 0 Å². The van der Waals surface area contributed by atoms with Crippen molar-refractivity contribution < 1.29 is 18.7 Å². The van der Waals surface area contributed by atoms with E-state index in [1.807, 2.05) is 0 Å². The number of hydrogen-bond donors (Lipinski definition) is 2. The SMILES string of the molecule is Nc1cc(F)cc(C(=O)N2CCC[C@H](O)C2)c1F. The molecule has 1 aliphatic heterocycles. The Morgan fingerprint density at radius 3 is 2.83 bits per heavy atom. The highest BCUT2D eigenvalue weighted by Crippen LogP contribution is 2.21. The Labute approximate surface area is 103 Å². The summed E-state index contributed by atoms with van der Waals surface area (Å²) in [6.45, 7) is 0.556. The number of carbonyl (C=O) groups excluding carboxylic acids is 1. The molecule has 6 heteroatoms. The number of hydrogen-bond acceptors (Lipinski definition) is 3. The summed E-state index contributed by atoms with van der Waals surface area (Å²) in [5.74, 6) is -2.31. The summed E-state index contributed by atoms with van der Waals surface area (Å²) in [5, 5.41) is 9.47. The van der Waals surface area contributed by atoms with Crippen molar-refractivity contribution in [2.75, 3.05) is 18.8 Å². The topological polar surface area (TPSA) is 66.6 Å². The van der Waals surface area contributed by atoms with Gasteiger partial charge in [-0.2, -0.15) is 0 Å². The Morgan fingerprint density at radius 1 is 1.44 bits per heavy atom. The molecule has 0 radical (unpaired) electrons. The molecule has 1 aromatic carbocycles. The number of halogens is 2. The Hall–Kier alpha value is -1.69. The third-order valence-corrected chi connectivity index (χ3v) is 2.98. The van der Waals surface area contributed by atoms with E-state index in [-0.39, 0.29) is 12.1 Å². The van der Waals surface area contributed by atoms with Gasteiger partial charge in [0.2, 0.25) is 0 Å². The number of benzene rings is 1. The maximum atomic E-state index is 13.7. The minimum Gasteiger partial charge on any atom is -0.396 e. The minimum atomic E-state index is -0.915. The van der Waals surface area contributed by atoms with Gasteiger partial charge < -0.3 is 15.7 Å². The molecule has 0 bridgehead atoms. The molecular weight excluding hydrogens is 242 g/mol. The fourth-order valence-electron chi connectivity index (χ4n) is 2.08. The zero-order chi connectivity index (χ0) is 13.3. The van der Waals surface area contributed by atoms with Crippen LogP contribution in [0.1, 0.15) is 23.2 Å². The maximum absolute atomic E-state index is 13.7. The number of β-amino-alcohol motifs (C(OH)–C–C–N with tert-alkyl or cyclic N) is 1. The summed E-state index contributed by atoms with van der Waals surface area (Å²) in [7, 11) is 0. The van der Waals surface area contributed by atoms with Crippen LogP contribution >= 0.6 is 0 Å². The fourth-order valence-corrected chi connectivity index (χ4v) is 2.08. The number of nitrogens with two attached hydrogens (primary N) is 1. The number of aliphatic hydroxyl groups excluding tert-OH is 1. The summed E-state index contributed by atoms with van der Waals surface area (Å²) >= 11 is 0. The molecule has 3 N–H and O–H groups in total. The van der Waals surface area contributed by atoms with Crippen LogP contribution in [0.2, 0.25) is 0 Å². The summed E-state index contributed by atoms with van der Waals surface area (Å²) in [6, 6.07) is 1.66. The first kappa shape index (κ1) is 12.8. The zero-order valence-corrected chi connectivity index (χ0v) is 9.70. The number of rotatable bonds is 1. The standard InChI is InChI=1S/C12H14F2N2O2/c13-7-4-9(11(14)10(15)5-7)12(18)16-3-1-2-8(17)6-16/h4-5,8,17H,1-3,6,15H2/t8-/m0/s1. The third-order valence-electron chi connectivity index (χ3n) is 2.98. The highest BCUT2D eigenvalue weighted by atomic mass is 19.1. The molecule has 0 spiro atoms. The van der Waals surface area contributed by atoms with Crippen LogP contribution in [-0.2, 0) is 0 Å². The number of likely N-dealkylation sites (tertiary alicyclic amines) is 1. The molecule has 1 aromatic rings. The van der Waals surface area contributed by atoms with Crippen LogP contribution in [0.4, 0.5) is 14.5 Å². The van der Waals surface area contributed by atoms with Crippen molar-refractivity contribution in [3.8, 4) is 0 Å². The van der Waals surface area contributed by atoms with Gasteiger partial charge in [-0.25, -0.2) is 8.78 Å². The summed E-state index contributed by atoms with van der Waals surface area (Å²) in [4.78, 5) is 13.3. The van der Waals surface area contributed by atoms with E-state index in [0.717, 1.165) is 12.1 Å². The molecule has 0 aromatic heterocycles. The van der Waals surface area contributed by atoms with Crippen molar-refractivity contribution in [1.29, 1.82) is 0 Å². The van der Waals surface area contributed by atoms with Gasteiger partial charge in [0.1, 0.15) is 5.82 Å². The normalized spacial score (nSPS) is 19.9. The first-order valence-electron chi connectivity index (χ1n) is 5.71. The molecule has 0 unspecified atom stereocenters. The van der Waals surface area contributed by atoms with Crippen LogP contribution in [-0.4, -0.2) is 35.1 Å². The summed E-state index contributed by atoms with van der Waals surface area (Å²) in [6.07, 6.45) is 0.633. The van der Waals surface area contributed by atoms with Crippen LogP contribution in [0, 0.1) is 11.6 Å². The van der Waals surface area contributed by atoms with Crippen LogP contribution in [0.15, 0.2) is 12.1 Å². The number of aliphatic hydroxyl groups is 1. The van der Waals surface area contributed by atoms with E-state index >= 15 is 0 Å². The molecule has 4 nitrogen and oxygen atoms in total. The van der Waals surface area contributed by atoms with E-state index in [1.165, 1.54) is 4.90 Å². The smallest absolute Gasteiger partial charge is 0.257 e. The molecule has 98 valence electrons. The quantitative estimate of drug-likeness (QED) is 0.740. The Morgan fingerprint density at radius 2 is 2.17 bits per heavy atom. The highest BCUT2D eigenvalue weighted by molar-refractivity contribution is 5.95. The zero-order valence-electron chi connectivity index (χ0n) is 9.70. The molecule has 0 saturated carbocycles. The Kier molecular flexibility index (Phi) is 3.47. The van der Waals surface area contributed by atoms with E-state index in [1.54, 1.807) is 0 Å². The number of nitrogen functional groups attached to an aromatic ring is 1. The van der Waals surface area contributed by atoms with E-state index in [9.17, 15) is 18.7 Å². The first-order valence-corrected chi connectivity index (χ1v) is 5.71. The van der Waals surface area contributed by atoms with E-state index in [2.05, 4.69) is 0 Å².